The van der Waals surface area contributed by atoms with Gasteiger partial charge in [-0.05, 0) is 72.8 Å². The first-order chi connectivity index (χ1) is 18.4. The highest BCUT2D eigenvalue weighted by Gasteiger charge is 2.51. The van der Waals surface area contributed by atoms with E-state index in [0.717, 1.165) is 6.92 Å². The Kier molecular flexibility index (Phi) is 12.3. The first kappa shape index (κ1) is 35.0. The molecule has 0 fully saturated rings. The van der Waals surface area contributed by atoms with E-state index in [1.165, 1.54) is 15.9 Å². The van der Waals surface area contributed by atoms with Crippen molar-refractivity contribution >= 4 is 16.5 Å². The summed E-state index contributed by atoms with van der Waals surface area (Å²) in [5.74, 6) is 0.110. The van der Waals surface area contributed by atoms with Gasteiger partial charge in [-0.1, -0.05) is 57.2 Å². The summed E-state index contributed by atoms with van der Waals surface area (Å²) in [7, 11) is -1.01. The van der Waals surface area contributed by atoms with Gasteiger partial charge in [-0.25, -0.2) is 0 Å². The van der Waals surface area contributed by atoms with Gasteiger partial charge in [0.25, 0.3) is 6.47 Å². The normalized spacial score (nSPS) is 14.0. The van der Waals surface area contributed by atoms with E-state index in [9.17, 15) is 13.2 Å². The largest absolute Gasteiger partial charge is 0.483 e. The van der Waals surface area contributed by atoms with Crippen LogP contribution in [0.4, 0.5) is 13.2 Å². The minimum atomic E-state index is -4.53. The summed E-state index contributed by atoms with van der Waals surface area (Å²) in [5, 5.41) is 19.8. The molecule has 6 nitrogen and oxygen atoms in total. The lowest BCUT2D eigenvalue weighted by molar-refractivity contribution is -0.237. The van der Waals surface area contributed by atoms with Crippen molar-refractivity contribution in [2.45, 2.75) is 74.7 Å². The third kappa shape index (κ3) is 9.02. The molecule has 0 saturated carbocycles. The van der Waals surface area contributed by atoms with Gasteiger partial charge in [-0.2, -0.15) is 23.2 Å². The second-order valence-corrected chi connectivity index (χ2v) is 15.5. The monoisotopic (exact) mass is 584 g/mol. The zero-order chi connectivity index (χ0) is 30.8. The highest BCUT2D eigenvalue weighted by atomic mass is 32.3. The van der Waals surface area contributed by atoms with Gasteiger partial charge >= 0.3 is 6.18 Å². The van der Waals surface area contributed by atoms with Crippen LogP contribution in [0.3, 0.4) is 0 Å². The SMILES string of the molecule is CC(C)(C)S(C)(c1ccccc1)c1ccccc1.CC(C)(C)n1ccc(OCC(C)(CO)C(F)(F)F)n1.O=CO. The van der Waals surface area contributed by atoms with E-state index in [1.807, 2.05) is 20.8 Å². The molecule has 0 radical (unpaired) electrons. The molecule has 2 N–H and O–H groups in total. The third-order valence-corrected chi connectivity index (χ3v) is 11.4. The number of rotatable bonds is 6. The molecule has 0 aliphatic rings. The molecule has 1 atom stereocenters. The van der Waals surface area contributed by atoms with E-state index in [0.29, 0.717) is 0 Å². The smallest absolute Gasteiger partial charge is 0.399 e. The van der Waals surface area contributed by atoms with E-state index >= 15 is 0 Å². The van der Waals surface area contributed by atoms with Crippen molar-refractivity contribution in [1.29, 1.82) is 0 Å². The number of benzene rings is 2. The maximum absolute atomic E-state index is 12.7. The Balaban J connectivity index is 0.000000364. The standard InChI is InChI=1S/C17H22S.C12H19F3N2O2.CH2O2/c1-17(2,3)18(4,15-11-7-5-8-12-15)16-13-9-6-10-14-16;1-10(2,3)17-6-5-9(16-17)19-8-11(4,7-18)12(13,14)15;2-1-3/h5-14H,1-4H3;5-6,18H,7-8H2,1-4H3;1H,(H,2,3). The fourth-order valence-corrected chi connectivity index (χ4v) is 6.53. The van der Waals surface area contributed by atoms with Crippen LogP contribution in [0.25, 0.3) is 0 Å². The van der Waals surface area contributed by atoms with Crippen LogP contribution in [-0.2, 0) is 10.3 Å². The van der Waals surface area contributed by atoms with E-state index in [-0.39, 0.29) is 22.6 Å². The van der Waals surface area contributed by atoms with E-state index < -0.39 is 34.8 Å². The maximum Gasteiger partial charge on any atom is 0.399 e. The quantitative estimate of drug-likeness (QED) is 0.291. The van der Waals surface area contributed by atoms with Gasteiger partial charge in [0.1, 0.15) is 12.0 Å². The van der Waals surface area contributed by atoms with Crippen molar-refractivity contribution < 1.29 is 32.9 Å². The average Bonchev–Trinajstić information content (AvgIpc) is 3.37. The molecule has 3 rings (SSSR count). The molecule has 2 aromatic carbocycles. The average molecular weight is 585 g/mol. The van der Waals surface area contributed by atoms with Gasteiger partial charge in [-0.3, -0.25) is 9.48 Å². The minimum absolute atomic E-state index is 0.110. The Labute approximate surface area is 237 Å². The van der Waals surface area contributed by atoms with E-state index in [1.54, 1.807) is 10.9 Å². The molecule has 1 unspecified atom stereocenters. The van der Waals surface area contributed by atoms with Crippen molar-refractivity contribution in [2.75, 3.05) is 19.5 Å². The molecule has 0 amide bonds. The topological polar surface area (TPSA) is 84.6 Å². The Morgan fingerprint density at radius 2 is 1.30 bits per heavy atom. The fourth-order valence-electron chi connectivity index (χ4n) is 3.44. The van der Waals surface area contributed by atoms with Crippen LogP contribution in [0.5, 0.6) is 5.88 Å². The lowest BCUT2D eigenvalue weighted by atomic mass is 9.92. The molecule has 10 heteroatoms. The molecular weight excluding hydrogens is 541 g/mol. The highest BCUT2D eigenvalue weighted by Crippen LogP contribution is 2.67. The first-order valence-corrected chi connectivity index (χ1v) is 14.7. The van der Waals surface area contributed by atoms with Gasteiger partial charge in [0.15, 0.2) is 0 Å². The summed E-state index contributed by atoms with van der Waals surface area (Å²) in [6.45, 7) is 11.7. The number of aromatic nitrogens is 2. The second-order valence-electron chi connectivity index (χ2n) is 11.5. The molecule has 0 saturated heterocycles. The Bertz CT molecular complexity index is 1120. The highest BCUT2D eigenvalue weighted by molar-refractivity contribution is 8.34. The molecule has 40 heavy (non-hydrogen) atoms. The summed E-state index contributed by atoms with van der Waals surface area (Å²) < 4.78 is 45.1. The predicted molar refractivity (Wildman–Crippen MR) is 155 cm³/mol. The van der Waals surface area contributed by atoms with Gasteiger partial charge in [0.2, 0.25) is 5.88 Å². The Hall–Kier alpha value is -2.98. The van der Waals surface area contributed by atoms with Crippen LogP contribution in [0.15, 0.2) is 82.7 Å². The van der Waals surface area contributed by atoms with Gasteiger partial charge < -0.3 is 14.9 Å². The Morgan fingerprint density at radius 1 is 0.875 bits per heavy atom. The van der Waals surface area contributed by atoms with Crippen LogP contribution in [0, 0.1) is 5.41 Å². The number of hydrogen-bond donors (Lipinski definition) is 2. The van der Waals surface area contributed by atoms with Crippen molar-refractivity contribution in [3.05, 3.63) is 72.9 Å². The van der Waals surface area contributed by atoms with E-state index in [4.69, 9.17) is 19.7 Å². The zero-order valence-corrected chi connectivity index (χ0v) is 25.4. The van der Waals surface area contributed by atoms with Gasteiger partial charge in [0, 0.05) is 12.3 Å². The van der Waals surface area contributed by atoms with E-state index in [2.05, 4.69) is 92.8 Å². The summed E-state index contributed by atoms with van der Waals surface area (Å²) in [6, 6.07) is 23.4. The number of carbonyl (C=O) groups is 1. The molecular formula is C30H43F3N2O4S. The first-order valence-electron chi connectivity index (χ1n) is 12.7. The fraction of sp³-hybridized carbons (Fsp3) is 0.467. The van der Waals surface area contributed by atoms with Gasteiger partial charge in [0.05, 0.1) is 12.1 Å². The molecule has 0 spiro atoms. The molecule has 0 aliphatic carbocycles. The van der Waals surface area contributed by atoms with Gasteiger partial charge in [-0.15, -0.1) is 5.10 Å². The lowest BCUT2D eigenvalue weighted by Gasteiger charge is -2.48. The number of alkyl halides is 3. The predicted octanol–water partition coefficient (Wildman–Crippen LogP) is 7.62. The lowest BCUT2D eigenvalue weighted by Crippen LogP contribution is -2.43. The molecule has 0 aliphatic heterocycles. The number of ether oxygens (including phenoxy) is 1. The number of hydrogen-bond acceptors (Lipinski definition) is 4. The third-order valence-electron chi connectivity index (χ3n) is 6.48. The maximum atomic E-state index is 12.7. The number of aliphatic hydroxyl groups excluding tert-OH is 1. The summed E-state index contributed by atoms with van der Waals surface area (Å²) in [6.07, 6.45) is -0.467. The number of halogens is 3. The molecule has 3 aromatic rings. The molecule has 0 bridgehead atoms. The van der Waals surface area contributed by atoms with Crippen LogP contribution in [0.2, 0.25) is 0 Å². The van der Waals surface area contributed by atoms with Crippen LogP contribution >= 0.6 is 10.0 Å². The molecule has 1 heterocycles. The molecule has 1 aromatic heterocycles. The van der Waals surface area contributed by atoms with Crippen molar-refractivity contribution in [3.63, 3.8) is 0 Å². The minimum Gasteiger partial charge on any atom is -0.483 e. The van der Waals surface area contributed by atoms with Crippen molar-refractivity contribution in [2.24, 2.45) is 5.41 Å². The summed E-state index contributed by atoms with van der Waals surface area (Å²) in [4.78, 5) is 11.3. The van der Waals surface area contributed by atoms with Crippen LogP contribution in [0.1, 0.15) is 48.5 Å². The summed E-state index contributed by atoms with van der Waals surface area (Å²) in [5.41, 5.74) is -2.57. The number of nitrogens with zero attached hydrogens (tertiary/aromatic N) is 2. The number of aliphatic hydroxyl groups is 1. The van der Waals surface area contributed by atoms with Crippen molar-refractivity contribution in [1.82, 2.24) is 9.78 Å². The zero-order valence-electron chi connectivity index (χ0n) is 24.6. The Morgan fingerprint density at radius 3 is 1.60 bits per heavy atom. The molecule has 224 valence electrons. The second kappa shape index (κ2) is 14.1. The van der Waals surface area contributed by atoms with Crippen LogP contribution in [-0.4, -0.2) is 56.9 Å². The summed E-state index contributed by atoms with van der Waals surface area (Å²) >= 11 is 0. The van der Waals surface area contributed by atoms with Crippen molar-refractivity contribution in [3.8, 4) is 5.88 Å². The number of carboxylic acid groups (broad SMARTS) is 1. The van der Waals surface area contributed by atoms with Crippen LogP contribution < -0.4 is 4.74 Å².